The minimum atomic E-state index is -0.893. The molecule has 1 N–H and O–H groups in total. The second-order valence-corrected chi connectivity index (χ2v) is 6.08. The number of benzene rings is 1. The van der Waals surface area contributed by atoms with Crippen molar-refractivity contribution in [2.24, 2.45) is 0 Å². The molecule has 2 rings (SSSR count). The lowest BCUT2D eigenvalue weighted by Crippen LogP contribution is -2.39. The third-order valence-corrected chi connectivity index (χ3v) is 4.35. The van der Waals surface area contributed by atoms with Crippen LogP contribution in [0.1, 0.15) is 31.4 Å². The van der Waals surface area contributed by atoms with Gasteiger partial charge in [0.1, 0.15) is 6.61 Å². The van der Waals surface area contributed by atoms with Gasteiger partial charge in [0.2, 0.25) is 0 Å². The molecule has 1 aromatic rings. The van der Waals surface area contributed by atoms with Gasteiger partial charge in [-0.2, -0.15) is 0 Å². The van der Waals surface area contributed by atoms with E-state index in [0.717, 1.165) is 30.4 Å². The molecule has 1 aromatic carbocycles. The van der Waals surface area contributed by atoms with Gasteiger partial charge in [-0.05, 0) is 37.5 Å². The van der Waals surface area contributed by atoms with Crippen molar-refractivity contribution in [3.8, 4) is 0 Å². The maximum atomic E-state index is 10.5. The van der Waals surface area contributed by atoms with Crippen LogP contribution in [0.4, 0.5) is 0 Å². The first-order valence-corrected chi connectivity index (χ1v) is 7.68. The third-order valence-electron chi connectivity index (χ3n) is 3.82. The first-order chi connectivity index (χ1) is 9.56. The summed E-state index contributed by atoms with van der Waals surface area (Å²) in [4.78, 5) is 12.9. The molecular weight excluding hydrogens is 322 g/mol. The van der Waals surface area contributed by atoms with Crippen molar-refractivity contribution in [1.82, 2.24) is 4.90 Å². The molecule has 0 saturated carbocycles. The molecule has 1 saturated heterocycles. The smallest absolute Gasteiger partial charge is 0.329 e. The summed E-state index contributed by atoms with van der Waals surface area (Å²) < 4.78 is 6.45. The minimum absolute atomic E-state index is 0.0828. The average molecular weight is 342 g/mol. The predicted molar refractivity (Wildman–Crippen MR) is 80.7 cm³/mol. The van der Waals surface area contributed by atoms with Gasteiger partial charge in [-0.3, -0.25) is 4.90 Å². The molecule has 0 spiro atoms. The Labute approximate surface area is 127 Å². The van der Waals surface area contributed by atoms with Crippen LogP contribution in [-0.2, 0) is 9.53 Å². The van der Waals surface area contributed by atoms with Crippen LogP contribution < -0.4 is 0 Å². The number of carboxylic acids is 1. The predicted octanol–water partition coefficient (Wildman–Crippen LogP) is 3.08. The quantitative estimate of drug-likeness (QED) is 0.894. The van der Waals surface area contributed by atoms with Crippen molar-refractivity contribution in [2.75, 3.05) is 19.7 Å². The molecule has 110 valence electrons. The number of hydrogen-bond acceptors (Lipinski definition) is 3. The topological polar surface area (TPSA) is 49.8 Å². The maximum absolute atomic E-state index is 10.5. The molecule has 20 heavy (non-hydrogen) atoms. The Hall–Kier alpha value is -0.910. The average Bonchev–Trinajstić information content (AvgIpc) is 2.46. The highest BCUT2D eigenvalue weighted by Gasteiger charge is 2.24. The normalized spacial score (nSPS) is 18.9. The fourth-order valence-corrected chi connectivity index (χ4v) is 2.84. The van der Waals surface area contributed by atoms with E-state index in [1.54, 1.807) is 0 Å². The standard InChI is InChI=1S/C15H20BrNO3/c1-11(12-2-4-13(16)5-3-12)17-8-6-14(7-9-17)20-10-15(18)19/h2-5,11,14H,6-10H2,1H3,(H,18,19). The molecule has 1 fully saturated rings. The SMILES string of the molecule is CC(c1ccc(Br)cc1)N1CCC(OCC(=O)O)CC1. The number of nitrogens with zero attached hydrogens (tertiary/aromatic N) is 1. The summed E-state index contributed by atoms with van der Waals surface area (Å²) in [6, 6.07) is 8.79. The van der Waals surface area contributed by atoms with Crippen molar-refractivity contribution < 1.29 is 14.6 Å². The lowest BCUT2D eigenvalue weighted by Gasteiger charge is -2.36. The molecule has 1 atom stereocenters. The Balaban J connectivity index is 1.83. The first kappa shape index (κ1) is 15.5. The van der Waals surface area contributed by atoms with Gasteiger partial charge >= 0.3 is 5.97 Å². The van der Waals surface area contributed by atoms with E-state index in [9.17, 15) is 4.79 Å². The Bertz CT molecular complexity index is 441. The fourth-order valence-electron chi connectivity index (χ4n) is 2.57. The monoisotopic (exact) mass is 341 g/mol. The van der Waals surface area contributed by atoms with Crippen LogP contribution in [0, 0.1) is 0 Å². The number of halogens is 1. The number of rotatable bonds is 5. The zero-order valence-electron chi connectivity index (χ0n) is 11.6. The van der Waals surface area contributed by atoms with Crippen LogP contribution in [0.15, 0.2) is 28.7 Å². The fraction of sp³-hybridized carbons (Fsp3) is 0.533. The van der Waals surface area contributed by atoms with E-state index in [2.05, 4.69) is 52.0 Å². The number of aliphatic carboxylic acids is 1. The van der Waals surface area contributed by atoms with Crippen LogP contribution in [-0.4, -0.2) is 41.8 Å². The molecule has 0 bridgehead atoms. The third kappa shape index (κ3) is 4.30. The molecule has 4 nitrogen and oxygen atoms in total. The second kappa shape index (κ2) is 7.20. The molecule has 0 amide bonds. The van der Waals surface area contributed by atoms with Gasteiger partial charge in [-0.1, -0.05) is 28.1 Å². The molecule has 1 unspecified atom stereocenters. The molecule has 1 heterocycles. The molecule has 0 aliphatic carbocycles. The zero-order chi connectivity index (χ0) is 14.5. The van der Waals surface area contributed by atoms with Crippen LogP contribution in [0.3, 0.4) is 0 Å². The lowest BCUT2D eigenvalue weighted by molar-refractivity contribution is -0.145. The number of carboxylic acid groups (broad SMARTS) is 1. The second-order valence-electron chi connectivity index (χ2n) is 5.17. The van der Waals surface area contributed by atoms with Crippen LogP contribution in [0.2, 0.25) is 0 Å². The maximum Gasteiger partial charge on any atom is 0.329 e. The van der Waals surface area contributed by atoms with E-state index in [1.165, 1.54) is 5.56 Å². The summed E-state index contributed by atoms with van der Waals surface area (Å²) in [7, 11) is 0. The summed E-state index contributed by atoms with van der Waals surface area (Å²) >= 11 is 3.45. The van der Waals surface area contributed by atoms with E-state index in [4.69, 9.17) is 9.84 Å². The van der Waals surface area contributed by atoms with E-state index in [0.29, 0.717) is 6.04 Å². The Morgan fingerprint density at radius 2 is 2.00 bits per heavy atom. The number of ether oxygens (including phenoxy) is 1. The van der Waals surface area contributed by atoms with Gasteiger partial charge in [0.05, 0.1) is 6.10 Å². The van der Waals surface area contributed by atoms with Crippen molar-refractivity contribution in [3.63, 3.8) is 0 Å². The van der Waals surface area contributed by atoms with Gasteiger partial charge in [0.25, 0.3) is 0 Å². The Kier molecular flexibility index (Phi) is 5.57. The summed E-state index contributed by atoms with van der Waals surface area (Å²) in [5, 5.41) is 8.62. The van der Waals surface area contributed by atoms with Crippen LogP contribution >= 0.6 is 15.9 Å². The number of carbonyl (C=O) groups is 1. The highest BCUT2D eigenvalue weighted by molar-refractivity contribution is 9.10. The van der Waals surface area contributed by atoms with E-state index >= 15 is 0 Å². The highest BCUT2D eigenvalue weighted by Crippen LogP contribution is 2.26. The van der Waals surface area contributed by atoms with Crippen molar-refractivity contribution in [1.29, 1.82) is 0 Å². The Morgan fingerprint density at radius 1 is 1.40 bits per heavy atom. The molecule has 1 aliphatic heterocycles. The number of piperidine rings is 1. The van der Waals surface area contributed by atoms with Crippen molar-refractivity contribution in [3.05, 3.63) is 34.3 Å². The summed E-state index contributed by atoms with van der Waals surface area (Å²) in [6.07, 6.45) is 1.88. The number of hydrogen-bond donors (Lipinski definition) is 1. The highest BCUT2D eigenvalue weighted by atomic mass is 79.9. The first-order valence-electron chi connectivity index (χ1n) is 6.89. The Morgan fingerprint density at radius 3 is 2.55 bits per heavy atom. The van der Waals surface area contributed by atoms with Crippen LogP contribution in [0.25, 0.3) is 0 Å². The summed E-state index contributed by atoms with van der Waals surface area (Å²) in [5.41, 5.74) is 1.30. The van der Waals surface area contributed by atoms with Gasteiger partial charge < -0.3 is 9.84 Å². The molecule has 0 radical (unpaired) electrons. The summed E-state index contributed by atoms with van der Waals surface area (Å²) in [6.45, 7) is 3.91. The van der Waals surface area contributed by atoms with E-state index in [1.807, 2.05) is 0 Å². The van der Waals surface area contributed by atoms with E-state index < -0.39 is 5.97 Å². The van der Waals surface area contributed by atoms with Crippen molar-refractivity contribution in [2.45, 2.75) is 31.9 Å². The minimum Gasteiger partial charge on any atom is -0.480 e. The molecular formula is C15H20BrNO3. The van der Waals surface area contributed by atoms with Gasteiger partial charge in [0, 0.05) is 23.6 Å². The summed E-state index contributed by atoms with van der Waals surface area (Å²) in [5.74, 6) is -0.893. The van der Waals surface area contributed by atoms with Crippen molar-refractivity contribution >= 4 is 21.9 Å². The lowest BCUT2D eigenvalue weighted by atomic mass is 10.0. The molecule has 0 aromatic heterocycles. The molecule has 5 heteroatoms. The van der Waals surface area contributed by atoms with Crippen LogP contribution in [0.5, 0.6) is 0 Å². The van der Waals surface area contributed by atoms with E-state index in [-0.39, 0.29) is 12.7 Å². The van der Waals surface area contributed by atoms with Gasteiger partial charge in [0.15, 0.2) is 0 Å². The van der Waals surface area contributed by atoms with Gasteiger partial charge in [-0.15, -0.1) is 0 Å². The zero-order valence-corrected chi connectivity index (χ0v) is 13.2. The molecule has 1 aliphatic rings. The largest absolute Gasteiger partial charge is 0.480 e. The van der Waals surface area contributed by atoms with Gasteiger partial charge in [-0.25, -0.2) is 4.79 Å². The number of likely N-dealkylation sites (tertiary alicyclic amines) is 1.